The summed E-state index contributed by atoms with van der Waals surface area (Å²) in [5, 5.41) is 43.6. The average Bonchev–Trinajstić information content (AvgIpc) is 3.12. The third kappa shape index (κ3) is 32.9. The molecule has 0 saturated carbocycles. The van der Waals surface area contributed by atoms with Gasteiger partial charge in [0.05, 0.1) is 18.8 Å². The molecule has 0 aromatic carbocycles. The molecule has 0 saturated heterocycles. The van der Waals surface area contributed by atoms with Crippen molar-refractivity contribution in [2.45, 2.75) is 257 Å². The van der Waals surface area contributed by atoms with E-state index in [2.05, 4.69) is 31.3 Å². The highest BCUT2D eigenvalue weighted by Crippen LogP contribution is 2.16. The summed E-state index contributed by atoms with van der Waals surface area (Å²) in [7, 11) is 0. The smallest absolute Gasteiger partial charge is 0.249 e. The molecule has 0 bridgehead atoms. The SMILES string of the molecule is CCCCCCCCCCCCC/C=C\CCCCCCCCC(O)C(=O)NC(CO)C(O)C(O)CCCCCCCCCCCCCCC. The van der Waals surface area contributed by atoms with E-state index >= 15 is 0 Å². The maximum absolute atomic E-state index is 12.5. The largest absolute Gasteiger partial charge is 0.394 e. The van der Waals surface area contributed by atoms with Crippen LogP contribution in [0.25, 0.3) is 0 Å². The predicted octanol–water partition coefficient (Wildman–Crippen LogP) is 11.4. The molecule has 0 spiro atoms. The molecule has 6 heteroatoms. The summed E-state index contributed by atoms with van der Waals surface area (Å²) < 4.78 is 0. The number of carbonyl (C=O) groups excluding carboxylic acids is 1. The molecule has 0 aromatic heterocycles. The molecule has 50 heavy (non-hydrogen) atoms. The molecule has 0 aliphatic carbocycles. The number of carbonyl (C=O) groups is 1. The minimum absolute atomic E-state index is 0.364. The molecule has 0 rings (SSSR count). The van der Waals surface area contributed by atoms with Crippen LogP contribution in [0.15, 0.2) is 12.2 Å². The Morgan fingerprint density at radius 2 is 0.800 bits per heavy atom. The second-order valence-electron chi connectivity index (χ2n) is 15.4. The zero-order chi connectivity index (χ0) is 36.8. The van der Waals surface area contributed by atoms with Crippen LogP contribution in [0, 0.1) is 0 Å². The number of hydrogen-bond donors (Lipinski definition) is 5. The first kappa shape index (κ1) is 49.0. The van der Waals surface area contributed by atoms with Crippen LogP contribution in [0.5, 0.6) is 0 Å². The van der Waals surface area contributed by atoms with Gasteiger partial charge in [-0.2, -0.15) is 0 Å². The highest BCUT2D eigenvalue weighted by atomic mass is 16.3. The summed E-state index contributed by atoms with van der Waals surface area (Å²) >= 11 is 0. The van der Waals surface area contributed by atoms with Gasteiger partial charge in [0.15, 0.2) is 0 Å². The minimum Gasteiger partial charge on any atom is -0.394 e. The van der Waals surface area contributed by atoms with Crippen LogP contribution in [-0.2, 0) is 4.79 Å². The lowest BCUT2D eigenvalue weighted by Gasteiger charge is -2.27. The number of nitrogens with one attached hydrogen (secondary N) is 1. The maximum Gasteiger partial charge on any atom is 0.249 e. The first-order valence-electron chi connectivity index (χ1n) is 22.1. The second kappa shape index (κ2) is 39.3. The first-order chi connectivity index (χ1) is 24.5. The van der Waals surface area contributed by atoms with Gasteiger partial charge in [-0.15, -0.1) is 0 Å². The fourth-order valence-electron chi connectivity index (χ4n) is 6.93. The Hall–Kier alpha value is -0.950. The molecule has 0 aliphatic rings. The lowest BCUT2D eigenvalue weighted by atomic mass is 9.99. The molecule has 4 atom stereocenters. The van der Waals surface area contributed by atoms with Gasteiger partial charge in [-0.1, -0.05) is 206 Å². The van der Waals surface area contributed by atoms with Crippen molar-refractivity contribution in [3.05, 3.63) is 12.2 Å². The molecular formula is C44H87NO5. The minimum atomic E-state index is -1.26. The molecule has 0 aromatic rings. The van der Waals surface area contributed by atoms with E-state index < -0.39 is 36.9 Å². The van der Waals surface area contributed by atoms with Crippen molar-refractivity contribution in [1.82, 2.24) is 5.32 Å². The van der Waals surface area contributed by atoms with Gasteiger partial charge in [0.2, 0.25) is 5.91 Å². The van der Waals surface area contributed by atoms with E-state index in [0.717, 1.165) is 44.9 Å². The summed E-state index contributed by atoms with van der Waals surface area (Å²) in [4.78, 5) is 12.5. The van der Waals surface area contributed by atoms with E-state index in [1.54, 1.807) is 0 Å². The monoisotopic (exact) mass is 710 g/mol. The third-order valence-corrected chi connectivity index (χ3v) is 10.5. The summed E-state index contributed by atoms with van der Waals surface area (Å²) in [6.07, 6.45) is 42.4. The van der Waals surface area contributed by atoms with Gasteiger partial charge in [-0.3, -0.25) is 4.79 Å². The number of unbranched alkanes of at least 4 members (excludes halogenated alkanes) is 29. The third-order valence-electron chi connectivity index (χ3n) is 10.5. The molecule has 0 radical (unpaired) electrons. The van der Waals surface area contributed by atoms with Gasteiger partial charge < -0.3 is 25.7 Å². The van der Waals surface area contributed by atoms with Gasteiger partial charge in [0, 0.05) is 0 Å². The molecule has 4 unspecified atom stereocenters. The Kier molecular flexibility index (Phi) is 38.5. The highest BCUT2D eigenvalue weighted by molar-refractivity contribution is 5.80. The maximum atomic E-state index is 12.5. The van der Waals surface area contributed by atoms with E-state index in [1.165, 1.54) is 161 Å². The van der Waals surface area contributed by atoms with Gasteiger partial charge in [-0.05, 0) is 38.5 Å². The van der Waals surface area contributed by atoms with E-state index in [-0.39, 0.29) is 0 Å². The van der Waals surface area contributed by atoms with Crippen LogP contribution >= 0.6 is 0 Å². The van der Waals surface area contributed by atoms with Crippen molar-refractivity contribution >= 4 is 5.91 Å². The molecule has 6 nitrogen and oxygen atoms in total. The second-order valence-corrected chi connectivity index (χ2v) is 15.4. The topological polar surface area (TPSA) is 110 Å². The summed E-state index contributed by atoms with van der Waals surface area (Å²) in [6.45, 7) is 4.05. The summed E-state index contributed by atoms with van der Waals surface area (Å²) in [5.41, 5.74) is 0. The van der Waals surface area contributed by atoms with Crippen molar-refractivity contribution in [2.75, 3.05) is 6.61 Å². The molecule has 1 amide bonds. The molecule has 5 N–H and O–H groups in total. The van der Waals surface area contributed by atoms with Crippen molar-refractivity contribution in [2.24, 2.45) is 0 Å². The summed E-state index contributed by atoms with van der Waals surface area (Å²) in [5.74, 6) is -0.587. The van der Waals surface area contributed by atoms with Crippen LogP contribution in [0.4, 0.5) is 0 Å². The Morgan fingerprint density at radius 3 is 1.16 bits per heavy atom. The van der Waals surface area contributed by atoms with Crippen LogP contribution in [-0.4, -0.2) is 57.3 Å². The van der Waals surface area contributed by atoms with E-state index in [1.807, 2.05) is 0 Å². The van der Waals surface area contributed by atoms with Crippen molar-refractivity contribution in [3.63, 3.8) is 0 Å². The van der Waals surface area contributed by atoms with E-state index in [0.29, 0.717) is 12.8 Å². The van der Waals surface area contributed by atoms with Crippen LogP contribution in [0.3, 0.4) is 0 Å². The van der Waals surface area contributed by atoms with E-state index in [9.17, 15) is 25.2 Å². The standard InChI is InChI=1S/C44H87NO5/c1-3-5-7-9-11-13-15-17-18-19-20-21-22-23-24-26-28-30-32-34-36-38-42(48)44(50)45-40(39-46)43(49)41(47)37-35-33-31-29-27-25-16-14-12-10-8-6-4-2/h22-23,40-43,46-49H,3-21,24-39H2,1-2H3,(H,45,50)/b23-22-. The highest BCUT2D eigenvalue weighted by Gasteiger charge is 2.28. The van der Waals surface area contributed by atoms with Crippen molar-refractivity contribution < 1.29 is 25.2 Å². The van der Waals surface area contributed by atoms with Crippen molar-refractivity contribution in [1.29, 1.82) is 0 Å². The Bertz CT molecular complexity index is 717. The molecule has 0 fully saturated rings. The number of hydrogen-bond acceptors (Lipinski definition) is 5. The number of amides is 1. The summed E-state index contributed by atoms with van der Waals surface area (Å²) in [6, 6.07) is -0.983. The number of aliphatic hydroxyl groups is 4. The lowest BCUT2D eigenvalue weighted by molar-refractivity contribution is -0.132. The normalized spacial score (nSPS) is 14.3. The zero-order valence-corrected chi connectivity index (χ0v) is 33.4. The first-order valence-corrected chi connectivity index (χ1v) is 22.1. The Labute approximate surface area is 311 Å². The zero-order valence-electron chi connectivity index (χ0n) is 33.4. The van der Waals surface area contributed by atoms with Crippen LogP contribution in [0.1, 0.15) is 232 Å². The van der Waals surface area contributed by atoms with Crippen LogP contribution < -0.4 is 5.32 Å². The Balaban J connectivity index is 3.72. The Morgan fingerprint density at radius 1 is 0.480 bits per heavy atom. The lowest BCUT2D eigenvalue weighted by Crippen LogP contribution is -2.53. The fourth-order valence-corrected chi connectivity index (χ4v) is 6.93. The predicted molar refractivity (Wildman–Crippen MR) is 215 cm³/mol. The quantitative estimate of drug-likeness (QED) is 0.0321. The van der Waals surface area contributed by atoms with Gasteiger partial charge >= 0.3 is 0 Å². The van der Waals surface area contributed by atoms with Gasteiger partial charge in [-0.25, -0.2) is 0 Å². The van der Waals surface area contributed by atoms with Gasteiger partial charge in [0.1, 0.15) is 12.2 Å². The average molecular weight is 710 g/mol. The molecular weight excluding hydrogens is 622 g/mol. The molecule has 0 heterocycles. The van der Waals surface area contributed by atoms with Gasteiger partial charge in [0.25, 0.3) is 0 Å². The van der Waals surface area contributed by atoms with E-state index in [4.69, 9.17) is 0 Å². The number of aliphatic hydroxyl groups excluding tert-OH is 4. The van der Waals surface area contributed by atoms with Crippen LogP contribution in [0.2, 0.25) is 0 Å². The molecule has 298 valence electrons. The number of rotatable bonds is 40. The molecule has 0 aliphatic heterocycles. The number of allylic oxidation sites excluding steroid dienone is 2. The fraction of sp³-hybridized carbons (Fsp3) is 0.932. The van der Waals surface area contributed by atoms with Crippen molar-refractivity contribution in [3.8, 4) is 0 Å².